The van der Waals surface area contributed by atoms with Crippen LogP contribution in [0.25, 0.3) is 6.08 Å². The number of aryl methyl sites for hydroxylation is 1. The molecule has 2 rings (SSSR count). The molecule has 0 unspecified atom stereocenters. The van der Waals surface area contributed by atoms with E-state index in [2.05, 4.69) is 24.1 Å². The molecular formula is C26H33F3N2O2. The monoisotopic (exact) mass is 462 g/mol. The second-order valence-electron chi connectivity index (χ2n) is 7.92. The Kier molecular flexibility index (Phi) is 10.5. The number of hydrogen-bond donors (Lipinski definition) is 1. The first-order valence-corrected chi connectivity index (χ1v) is 11.3. The molecule has 1 amide bonds. The second-order valence-corrected chi connectivity index (χ2v) is 7.92. The molecule has 2 aromatic rings. The van der Waals surface area contributed by atoms with Crippen LogP contribution in [0.3, 0.4) is 0 Å². The van der Waals surface area contributed by atoms with E-state index >= 15 is 0 Å². The van der Waals surface area contributed by atoms with Crippen LogP contribution < -0.4 is 10.1 Å². The predicted octanol–water partition coefficient (Wildman–Crippen LogP) is 6.42. The molecule has 4 nitrogen and oxygen atoms in total. The number of nitrogens with one attached hydrogen (secondary N) is 1. The molecule has 7 heteroatoms. The highest BCUT2D eigenvalue weighted by molar-refractivity contribution is 6.02. The van der Waals surface area contributed by atoms with E-state index in [-0.39, 0.29) is 0 Å². The van der Waals surface area contributed by atoms with Gasteiger partial charge in [-0.25, -0.2) is 0 Å². The average molecular weight is 463 g/mol. The van der Waals surface area contributed by atoms with Gasteiger partial charge in [-0.05, 0) is 92.9 Å². The standard InChI is InChI=1S/C26H33F3N2O2/c1-4-15-31(16-5-2)17-7-9-21-19-23(12-13-24(21)33-3)30-25(32)14-11-20-8-6-10-22(18-20)26(27,28)29/h6,8,10-14,18-19H,4-5,7,9,15-17H2,1-3H3,(H,30,32). The topological polar surface area (TPSA) is 41.6 Å². The number of benzene rings is 2. The van der Waals surface area contributed by atoms with Gasteiger partial charge in [0.15, 0.2) is 0 Å². The minimum absolute atomic E-state index is 0.305. The van der Waals surface area contributed by atoms with E-state index in [9.17, 15) is 18.0 Å². The summed E-state index contributed by atoms with van der Waals surface area (Å²) in [4.78, 5) is 14.8. The summed E-state index contributed by atoms with van der Waals surface area (Å²) in [5.74, 6) is 0.352. The number of carbonyl (C=O) groups excluding carboxylic acids is 1. The number of alkyl halides is 3. The second kappa shape index (κ2) is 13.0. The summed E-state index contributed by atoms with van der Waals surface area (Å²) in [7, 11) is 1.62. The minimum Gasteiger partial charge on any atom is -0.496 e. The predicted molar refractivity (Wildman–Crippen MR) is 127 cm³/mol. The van der Waals surface area contributed by atoms with Gasteiger partial charge in [0.25, 0.3) is 0 Å². The number of ether oxygens (including phenoxy) is 1. The van der Waals surface area contributed by atoms with Gasteiger partial charge in [0.2, 0.25) is 5.91 Å². The van der Waals surface area contributed by atoms with E-state index in [0.29, 0.717) is 11.3 Å². The molecule has 0 atom stereocenters. The largest absolute Gasteiger partial charge is 0.496 e. The van der Waals surface area contributed by atoms with Crippen molar-refractivity contribution in [3.05, 3.63) is 65.2 Å². The van der Waals surface area contributed by atoms with Crippen LogP contribution in [-0.2, 0) is 17.4 Å². The summed E-state index contributed by atoms with van der Waals surface area (Å²) in [5, 5.41) is 2.77. The summed E-state index contributed by atoms with van der Waals surface area (Å²) in [6, 6.07) is 10.3. The highest BCUT2D eigenvalue weighted by Crippen LogP contribution is 2.30. The van der Waals surface area contributed by atoms with Crippen LogP contribution in [-0.4, -0.2) is 37.6 Å². The first-order chi connectivity index (χ1) is 15.8. The number of amides is 1. The van der Waals surface area contributed by atoms with Gasteiger partial charge in [-0.3, -0.25) is 4.79 Å². The molecule has 0 aliphatic rings. The Labute approximate surface area is 194 Å². The Morgan fingerprint density at radius 1 is 1.06 bits per heavy atom. The minimum atomic E-state index is -4.42. The van der Waals surface area contributed by atoms with Crippen LogP contribution >= 0.6 is 0 Å². The van der Waals surface area contributed by atoms with Gasteiger partial charge in [-0.1, -0.05) is 26.0 Å². The van der Waals surface area contributed by atoms with Crippen LogP contribution in [0.1, 0.15) is 49.8 Å². The third-order valence-corrected chi connectivity index (χ3v) is 5.19. The normalized spacial score (nSPS) is 11.8. The van der Waals surface area contributed by atoms with Crippen molar-refractivity contribution < 1.29 is 22.7 Å². The van der Waals surface area contributed by atoms with E-state index in [4.69, 9.17) is 4.74 Å². The number of hydrogen-bond acceptors (Lipinski definition) is 3. The van der Waals surface area contributed by atoms with E-state index in [0.717, 1.165) is 68.8 Å². The molecule has 0 aliphatic carbocycles. The van der Waals surface area contributed by atoms with Crippen molar-refractivity contribution in [2.75, 3.05) is 32.1 Å². The first-order valence-electron chi connectivity index (χ1n) is 11.3. The molecule has 0 aliphatic heterocycles. The molecule has 0 heterocycles. The third-order valence-electron chi connectivity index (χ3n) is 5.19. The zero-order valence-corrected chi connectivity index (χ0v) is 19.5. The molecule has 1 N–H and O–H groups in total. The summed E-state index contributed by atoms with van der Waals surface area (Å²) in [6.45, 7) is 7.53. The smallest absolute Gasteiger partial charge is 0.416 e. The number of nitrogens with zero attached hydrogens (tertiary/aromatic N) is 1. The maximum atomic E-state index is 12.8. The number of methoxy groups -OCH3 is 1. The van der Waals surface area contributed by atoms with Gasteiger partial charge in [0.1, 0.15) is 5.75 Å². The zero-order chi connectivity index (χ0) is 24.3. The Balaban J connectivity index is 2.01. The fourth-order valence-corrected chi connectivity index (χ4v) is 3.69. The quantitative estimate of drug-likeness (QED) is 0.370. The fraction of sp³-hybridized carbons (Fsp3) is 0.423. The molecule has 0 aromatic heterocycles. The Bertz CT molecular complexity index is 920. The molecular weight excluding hydrogens is 429 g/mol. The summed E-state index contributed by atoms with van der Waals surface area (Å²) >= 11 is 0. The van der Waals surface area contributed by atoms with Crippen LogP contribution in [0.15, 0.2) is 48.5 Å². The van der Waals surface area contributed by atoms with Crippen molar-refractivity contribution in [1.82, 2.24) is 4.90 Å². The molecule has 0 saturated heterocycles. The average Bonchev–Trinajstić information content (AvgIpc) is 2.78. The van der Waals surface area contributed by atoms with Crippen molar-refractivity contribution in [2.24, 2.45) is 0 Å². The highest BCUT2D eigenvalue weighted by atomic mass is 19.4. The van der Waals surface area contributed by atoms with Crippen LogP contribution in [0.5, 0.6) is 5.75 Å². The lowest BCUT2D eigenvalue weighted by Gasteiger charge is -2.21. The van der Waals surface area contributed by atoms with Crippen LogP contribution in [0, 0.1) is 0 Å². The number of halogens is 3. The molecule has 0 spiro atoms. The van der Waals surface area contributed by atoms with Crippen LogP contribution in [0.2, 0.25) is 0 Å². The van der Waals surface area contributed by atoms with Crippen molar-refractivity contribution in [1.29, 1.82) is 0 Å². The van der Waals surface area contributed by atoms with E-state index in [1.165, 1.54) is 24.3 Å². The lowest BCUT2D eigenvalue weighted by molar-refractivity contribution is -0.137. The Hall–Kier alpha value is -2.80. The summed E-state index contributed by atoms with van der Waals surface area (Å²) in [5.41, 5.74) is 1.17. The van der Waals surface area contributed by atoms with Crippen LogP contribution in [0.4, 0.5) is 18.9 Å². The van der Waals surface area contributed by atoms with Crippen molar-refractivity contribution in [2.45, 2.75) is 45.7 Å². The Morgan fingerprint density at radius 2 is 1.79 bits per heavy atom. The number of anilines is 1. The van der Waals surface area contributed by atoms with E-state index in [1.54, 1.807) is 13.2 Å². The highest BCUT2D eigenvalue weighted by Gasteiger charge is 2.30. The van der Waals surface area contributed by atoms with E-state index < -0.39 is 17.6 Å². The summed E-state index contributed by atoms with van der Waals surface area (Å²) < 4.78 is 44.0. The lowest BCUT2D eigenvalue weighted by atomic mass is 10.1. The first kappa shape index (κ1) is 26.5. The maximum Gasteiger partial charge on any atom is 0.416 e. The van der Waals surface area contributed by atoms with Gasteiger partial charge in [0.05, 0.1) is 12.7 Å². The maximum absolute atomic E-state index is 12.8. The van der Waals surface area contributed by atoms with Crippen molar-refractivity contribution in [3.8, 4) is 5.75 Å². The molecule has 33 heavy (non-hydrogen) atoms. The molecule has 0 radical (unpaired) electrons. The molecule has 0 bridgehead atoms. The van der Waals surface area contributed by atoms with Gasteiger partial charge < -0.3 is 15.0 Å². The van der Waals surface area contributed by atoms with Crippen molar-refractivity contribution in [3.63, 3.8) is 0 Å². The van der Waals surface area contributed by atoms with Gasteiger partial charge in [-0.15, -0.1) is 0 Å². The molecule has 2 aromatic carbocycles. The number of carbonyl (C=O) groups is 1. The van der Waals surface area contributed by atoms with Gasteiger partial charge >= 0.3 is 6.18 Å². The summed E-state index contributed by atoms with van der Waals surface area (Å²) in [6.07, 6.45) is 2.21. The lowest BCUT2D eigenvalue weighted by Crippen LogP contribution is -2.26. The van der Waals surface area contributed by atoms with E-state index in [1.807, 2.05) is 12.1 Å². The number of rotatable bonds is 12. The van der Waals surface area contributed by atoms with Gasteiger partial charge in [-0.2, -0.15) is 13.2 Å². The van der Waals surface area contributed by atoms with Gasteiger partial charge in [0, 0.05) is 11.8 Å². The zero-order valence-electron chi connectivity index (χ0n) is 19.5. The third kappa shape index (κ3) is 8.92. The molecule has 0 saturated carbocycles. The molecule has 0 fully saturated rings. The SMILES string of the molecule is CCCN(CCC)CCCc1cc(NC(=O)C=Cc2cccc(C(F)(F)F)c2)ccc1OC. The van der Waals surface area contributed by atoms with Crippen molar-refractivity contribution >= 4 is 17.7 Å². The fourth-order valence-electron chi connectivity index (χ4n) is 3.69. The molecule has 180 valence electrons. The Morgan fingerprint density at radius 3 is 2.42 bits per heavy atom.